The maximum Gasteiger partial charge on any atom is 0.231 e. The molecule has 1 atom stereocenters. The Morgan fingerprint density at radius 1 is 1.24 bits per heavy atom. The Labute approximate surface area is 171 Å². The Hall–Kier alpha value is -2.13. The third-order valence-electron chi connectivity index (χ3n) is 5.06. The van der Waals surface area contributed by atoms with E-state index in [1.54, 1.807) is 12.1 Å². The van der Waals surface area contributed by atoms with Gasteiger partial charge in [0.15, 0.2) is 17.3 Å². The molecule has 0 aromatic heterocycles. The van der Waals surface area contributed by atoms with Crippen molar-refractivity contribution in [3.05, 3.63) is 17.7 Å². The zero-order valence-electron chi connectivity index (χ0n) is 17.1. The molecule has 0 bridgehead atoms. The van der Waals surface area contributed by atoms with Gasteiger partial charge in [0.2, 0.25) is 22.7 Å². The predicted molar refractivity (Wildman–Crippen MR) is 109 cm³/mol. The molecule has 3 rings (SSSR count). The topological polar surface area (TPSA) is 102 Å². The SMILES string of the molecule is CC(=O)c1cc2c(cc1NC(=O)CC1CCCN(S(=O)(=O)CC(C)C)C1)OCO2. The summed E-state index contributed by atoms with van der Waals surface area (Å²) in [6.45, 7) is 6.11. The number of anilines is 1. The van der Waals surface area contributed by atoms with Gasteiger partial charge in [-0.3, -0.25) is 9.59 Å². The van der Waals surface area contributed by atoms with Gasteiger partial charge in [0.25, 0.3) is 0 Å². The largest absolute Gasteiger partial charge is 0.454 e. The zero-order valence-corrected chi connectivity index (χ0v) is 17.9. The molecule has 1 saturated heterocycles. The standard InChI is InChI=1S/C20H28N2O6S/c1-13(2)11-29(25,26)22-6-4-5-15(10-22)7-20(24)21-17-9-19-18(27-12-28-19)8-16(17)14(3)23/h8-9,13,15H,4-7,10-12H2,1-3H3,(H,21,24). The molecule has 0 saturated carbocycles. The fourth-order valence-corrected chi connectivity index (χ4v) is 5.67. The van der Waals surface area contributed by atoms with Crippen LogP contribution in [0.2, 0.25) is 0 Å². The zero-order chi connectivity index (χ0) is 21.2. The van der Waals surface area contributed by atoms with Gasteiger partial charge in [-0.1, -0.05) is 13.8 Å². The lowest BCUT2D eigenvalue weighted by Crippen LogP contribution is -2.42. The fraction of sp³-hybridized carbons (Fsp3) is 0.600. The lowest BCUT2D eigenvalue weighted by Gasteiger charge is -2.32. The number of sulfonamides is 1. The summed E-state index contributed by atoms with van der Waals surface area (Å²) < 4.78 is 37.1. The Kier molecular flexibility index (Phi) is 6.48. The number of piperidine rings is 1. The molecule has 160 valence electrons. The van der Waals surface area contributed by atoms with Gasteiger partial charge >= 0.3 is 0 Å². The lowest BCUT2D eigenvalue weighted by atomic mass is 9.95. The van der Waals surface area contributed by atoms with E-state index in [1.807, 2.05) is 13.8 Å². The molecule has 1 aromatic carbocycles. The first kappa shape index (κ1) is 21.6. The Balaban J connectivity index is 1.66. The first-order valence-corrected chi connectivity index (χ1v) is 11.5. The molecular formula is C20H28N2O6S. The van der Waals surface area contributed by atoms with E-state index in [-0.39, 0.29) is 42.5 Å². The Morgan fingerprint density at radius 3 is 2.59 bits per heavy atom. The van der Waals surface area contributed by atoms with Crippen LogP contribution in [0.5, 0.6) is 11.5 Å². The quantitative estimate of drug-likeness (QED) is 0.675. The number of ketones is 1. The molecule has 1 unspecified atom stereocenters. The van der Waals surface area contributed by atoms with Gasteiger partial charge < -0.3 is 14.8 Å². The summed E-state index contributed by atoms with van der Waals surface area (Å²) in [7, 11) is -3.31. The van der Waals surface area contributed by atoms with E-state index in [0.29, 0.717) is 35.8 Å². The average molecular weight is 425 g/mol. The summed E-state index contributed by atoms with van der Waals surface area (Å²) >= 11 is 0. The van der Waals surface area contributed by atoms with E-state index in [0.717, 1.165) is 12.8 Å². The van der Waals surface area contributed by atoms with Crippen LogP contribution in [0.3, 0.4) is 0 Å². The summed E-state index contributed by atoms with van der Waals surface area (Å²) in [6.07, 6.45) is 1.72. The first-order valence-electron chi connectivity index (χ1n) is 9.88. The third kappa shape index (κ3) is 5.27. The fourth-order valence-electron chi connectivity index (χ4n) is 3.77. The number of nitrogens with one attached hydrogen (secondary N) is 1. The van der Waals surface area contributed by atoms with Crippen LogP contribution in [0.25, 0.3) is 0 Å². The van der Waals surface area contributed by atoms with E-state index in [1.165, 1.54) is 11.2 Å². The molecule has 0 radical (unpaired) electrons. The van der Waals surface area contributed by atoms with Crippen molar-refractivity contribution in [2.24, 2.45) is 11.8 Å². The number of Topliss-reactive ketones (excluding diaryl/α,β-unsaturated/α-hetero) is 1. The second kappa shape index (κ2) is 8.71. The van der Waals surface area contributed by atoms with Crippen molar-refractivity contribution in [3.63, 3.8) is 0 Å². The number of hydrogen-bond donors (Lipinski definition) is 1. The number of ether oxygens (including phenoxy) is 2. The molecule has 9 heteroatoms. The number of rotatable bonds is 7. The highest BCUT2D eigenvalue weighted by Crippen LogP contribution is 2.37. The number of carbonyl (C=O) groups excluding carboxylic acids is 2. The summed E-state index contributed by atoms with van der Waals surface area (Å²) in [5.74, 6) is 0.632. The van der Waals surface area contributed by atoms with Crippen molar-refractivity contribution in [2.45, 2.75) is 40.0 Å². The van der Waals surface area contributed by atoms with E-state index >= 15 is 0 Å². The molecule has 2 heterocycles. The Bertz CT molecular complexity index is 896. The number of benzene rings is 1. The van der Waals surface area contributed by atoms with Crippen LogP contribution in [0.15, 0.2) is 12.1 Å². The van der Waals surface area contributed by atoms with Gasteiger partial charge in [-0.25, -0.2) is 12.7 Å². The maximum atomic E-state index is 12.6. The van der Waals surface area contributed by atoms with Crippen molar-refractivity contribution in [1.82, 2.24) is 4.31 Å². The van der Waals surface area contributed by atoms with Gasteiger partial charge in [0.05, 0.1) is 11.4 Å². The minimum Gasteiger partial charge on any atom is -0.454 e. The number of carbonyl (C=O) groups is 2. The molecule has 1 N–H and O–H groups in total. The van der Waals surface area contributed by atoms with Crippen LogP contribution in [0.4, 0.5) is 5.69 Å². The molecule has 8 nitrogen and oxygen atoms in total. The molecule has 1 fully saturated rings. The monoisotopic (exact) mass is 424 g/mol. The van der Waals surface area contributed by atoms with Crippen LogP contribution >= 0.6 is 0 Å². The molecule has 0 aliphatic carbocycles. The van der Waals surface area contributed by atoms with Crippen LogP contribution in [-0.2, 0) is 14.8 Å². The highest BCUT2D eigenvalue weighted by atomic mass is 32.2. The molecule has 2 aliphatic heterocycles. The van der Waals surface area contributed by atoms with Crippen LogP contribution < -0.4 is 14.8 Å². The number of nitrogens with zero attached hydrogens (tertiary/aromatic N) is 1. The van der Waals surface area contributed by atoms with E-state index < -0.39 is 10.0 Å². The highest BCUT2D eigenvalue weighted by Gasteiger charge is 2.30. The minimum atomic E-state index is -3.31. The molecule has 1 aromatic rings. The summed E-state index contributed by atoms with van der Waals surface area (Å²) in [5, 5.41) is 2.79. The van der Waals surface area contributed by atoms with Gasteiger partial charge in [-0.15, -0.1) is 0 Å². The average Bonchev–Trinajstić information content (AvgIpc) is 3.07. The van der Waals surface area contributed by atoms with Crippen molar-refractivity contribution in [1.29, 1.82) is 0 Å². The number of fused-ring (bicyclic) bond motifs is 1. The van der Waals surface area contributed by atoms with Crippen molar-refractivity contribution in [2.75, 3.05) is 31.0 Å². The number of hydrogen-bond acceptors (Lipinski definition) is 6. The van der Waals surface area contributed by atoms with Crippen LogP contribution in [-0.4, -0.2) is 50.0 Å². The van der Waals surface area contributed by atoms with Crippen molar-refractivity contribution < 1.29 is 27.5 Å². The van der Waals surface area contributed by atoms with Crippen LogP contribution in [0.1, 0.15) is 50.4 Å². The molecule has 2 aliphatic rings. The number of amides is 1. The van der Waals surface area contributed by atoms with Gasteiger partial charge in [-0.05, 0) is 37.7 Å². The third-order valence-corrected chi connectivity index (χ3v) is 7.27. The van der Waals surface area contributed by atoms with E-state index in [4.69, 9.17) is 9.47 Å². The molecule has 1 amide bonds. The maximum absolute atomic E-state index is 12.6. The van der Waals surface area contributed by atoms with Crippen LogP contribution in [0, 0.1) is 11.8 Å². The predicted octanol–water partition coefficient (Wildman–Crippen LogP) is 2.64. The summed E-state index contributed by atoms with van der Waals surface area (Å²) in [5.41, 5.74) is 0.735. The minimum absolute atomic E-state index is 0.0551. The van der Waals surface area contributed by atoms with Gasteiger partial charge in [-0.2, -0.15) is 0 Å². The Morgan fingerprint density at radius 2 is 1.93 bits per heavy atom. The van der Waals surface area contributed by atoms with Crippen molar-refractivity contribution in [3.8, 4) is 11.5 Å². The van der Waals surface area contributed by atoms with Crippen molar-refractivity contribution >= 4 is 27.4 Å². The first-order chi connectivity index (χ1) is 13.7. The second-order valence-electron chi connectivity index (χ2n) is 8.10. The van der Waals surface area contributed by atoms with E-state index in [2.05, 4.69) is 5.32 Å². The van der Waals surface area contributed by atoms with Gasteiger partial charge in [0, 0.05) is 31.1 Å². The highest BCUT2D eigenvalue weighted by molar-refractivity contribution is 7.89. The summed E-state index contributed by atoms with van der Waals surface area (Å²) in [4.78, 5) is 24.6. The summed E-state index contributed by atoms with van der Waals surface area (Å²) in [6, 6.07) is 3.17. The van der Waals surface area contributed by atoms with Gasteiger partial charge in [0.1, 0.15) is 0 Å². The second-order valence-corrected chi connectivity index (χ2v) is 10.1. The molecular weight excluding hydrogens is 396 g/mol. The molecule has 29 heavy (non-hydrogen) atoms. The van der Waals surface area contributed by atoms with E-state index in [9.17, 15) is 18.0 Å². The normalized spacial score (nSPS) is 19.4. The smallest absolute Gasteiger partial charge is 0.231 e. The lowest BCUT2D eigenvalue weighted by molar-refractivity contribution is -0.117. The molecule has 0 spiro atoms.